The second-order valence-corrected chi connectivity index (χ2v) is 6.17. The van der Waals surface area contributed by atoms with Crippen LogP contribution in [0.1, 0.15) is 21.9 Å². The number of methoxy groups -OCH3 is 1. The lowest BCUT2D eigenvalue weighted by Crippen LogP contribution is -3.04. The number of amides is 1. The van der Waals surface area contributed by atoms with E-state index in [0.29, 0.717) is 18.2 Å². The van der Waals surface area contributed by atoms with Gasteiger partial charge in [0.15, 0.2) is 16.6 Å². The number of ether oxygens (including phenoxy) is 1. The normalized spacial score (nSPS) is 10.4. The molecule has 2 aromatic rings. The third kappa shape index (κ3) is 6.09. The molecule has 1 aromatic heterocycles. The molecule has 2 rings (SSSR count). The number of hydrazine groups is 1. The number of hydrogen-bond donors (Lipinski definition) is 4. The third-order valence-corrected chi connectivity index (χ3v) is 3.56. The zero-order valence-electron chi connectivity index (χ0n) is 14.5. The Morgan fingerprint density at radius 2 is 1.88 bits per heavy atom. The topological polar surface area (TPSA) is 80.0 Å². The van der Waals surface area contributed by atoms with Crippen molar-refractivity contribution in [2.45, 2.75) is 13.1 Å². The predicted octanol–water partition coefficient (Wildman–Crippen LogP) is 0.242. The fourth-order valence-corrected chi connectivity index (χ4v) is 2.21. The molecule has 7 nitrogen and oxygen atoms in total. The molecule has 25 heavy (non-hydrogen) atoms. The van der Waals surface area contributed by atoms with E-state index in [1.807, 2.05) is 38.4 Å². The molecule has 0 spiro atoms. The molecule has 0 atom stereocenters. The Morgan fingerprint density at radius 1 is 1.16 bits per heavy atom. The highest BCUT2D eigenvalue weighted by Crippen LogP contribution is 2.10. The standard InChI is InChI=1S/C17H22N4O3S/c1-21(2)11-14-8-9-15(24-14)16(22)19-20-17(25)18-10-12-4-6-13(23-3)7-5-12/h4-9H,10-11H2,1-3H3,(H,19,22)(H2,18,20,25)/p+1. The van der Waals surface area contributed by atoms with Crippen LogP contribution in [0.15, 0.2) is 40.8 Å². The van der Waals surface area contributed by atoms with Crippen molar-refractivity contribution in [3.05, 3.63) is 53.5 Å². The first-order chi connectivity index (χ1) is 12.0. The largest absolute Gasteiger partial charge is 0.497 e. The number of thiocarbonyl (C=S) groups is 1. The van der Waals surface area contributed by atoms with Gasteiger partial charge in [-0.3, -0.25) is 15.6 Å². The highest BCUT2D eigenvalue weighted by molar-refractivity contribution is 7.80. The van der Waals surface area contributed by atoms with Crippen LogP contribution in [0.4, 0.5) is 0 Å². The smallest absolute Gasteiger partial charge is 0.305 e. The maximum absolute atomic E-state index is 12.0. The van der Waals surface area contributed by atoms with Crippen LogP contribution in [0, 0.1) is 0 Å². The maximum Gasteiger partial charge on any atom is 0.305 e. The minimum atomic E-state index is -0.381. The SMILES string of the molecule is COc1ccc(CNC(=S)NNC(=O)c2ccc(C[NH+](C)C)o2)cc1. The maximum atomic E-state index is 12.0. The summed E-state index contributed by atoms with van der Waals surface area (Å²) in [6.45, 7) is 1.24. The van der Waals surface area contributed by atoms with Crippen molar-refractivity contribution in [2.24, 2.45) is 0 Å². The molecular formula is C17H23N4O3S+. The van der Waals surface area contributed by atoms with Gasteiger partial charge in [-0.15, -0.1) is 0 Å². The van der Waals surface area contributed by atoms with Crippen molar-refractivity contribution < 1.29 is 18.8 Å². The molecule has 134 valence electrons. The molecule has 4 N–H and O–H groups in total. The van der Waals surface area contributed by atoms with Gasteiger partial charge in [-0.1, -0.05) is 12.1 Å². The van der Waals surface area contributed by atoms with E-state index in [9.17, 15) is 4.79 Å². The second kappa shape index (κ2) is 9.05. The van der Waals surface area contributed by atoms with Gasteiger partial charge in [-0.2, -0.15) is 0 Å². The van der Waals surface area contributed by atoms with E-state index in [0.717, 1.165) is 17.1 Å². The fraction of sp³-hybridized carbons (Fsp3) is 0.294. The Balaban J connectivity index is 1.75. The molecule has 0 bridgehead atoms. The lowest BCUT2D eigenvalue weighted by atomic mass is 10.2. The van der Waals surface area contributed by atoms with E-state index in [1.54, 1.807) is 19.2 Å². The van der Waals surface area contributed by atoms with Crippen LogP contribution in [-0.2, 0) is 13.1 Å². The number of carbonyl (C=O) groups excluding carboxylic acids is 1. The van der Waals surface area contributed by atoms with Crippen LogP contribution >= 0.6 is 12.2 Å². The molecule has 1 aromatic carbocycles. The summed E-state index contributed by atoms with van der Waals surface area (Å²) in [6.07, 6.45) is 0. The van der Waals surface area contributed by atoms with Gasteiger partial charge in [0.05, 0.1) is 21.2 Å². The lowest BCUT2D eigenvalue weighted by Gasteiger charge is -2.11. The van der Waals surface area contributed by atoms with Crippen molar-refractivity contribution in [2.75, 3.05) is 21.2 Å². The van der Waals surface area contributed by atoms with Crippen molar-refractivity contribution in [3.8, 4) is 5.75 Å². The van der Waals surface area contributed by atoms with Crippen LogP contribution in [0.5, 0.6) is 5.75 Å². The summed E-state index contributed by atoms with van der Waals surface area (Å²) in [5.41, 5.74) is 6.20. The van der Waals surface area contributed by atoms with E-state index in [-0.39, 0.29) is 11.7 Å². The van der Waals surface area contributed by atoms with Crippen LogP contribution in [-0.4, -0.2) is 32.2 Å². The first-order valence-electron chi connectivity index (χ1n) is 7.83. The average molecular weight is 363 g/mol. The van der Waals surface area contributed by atoms with Gasteiger partial charge in [-0.25, -0.2) is 0 Å². The lowest BCUT2D eigenvalue weighted by molar-refractivity contribution is -0.873. The van der Waals surface area contributed by atoms with Crippen LogP contribution < -0.4 is 25.8 Å². The average Bonchev–Trinajstić information content (AvgIpc) is 3.06. The summed E-state index contributed by atoms with van der Waals surface area (Å²) in [6, 6.07) is 11.1. The molecule has 0 aliphatic carbocycles. The van der Waals surface area contributed by atoms with Crippen molar-refractivity contribution >= 4 is 23.2 Å². The van der Waals surface area contributed by atoms with Gasteiger partial charge >= 0.3 is 5.91 Å². The summed E-state index contributed by atoms with van der Waals surface area (Å²) >= 11 is 5.14. The molecule has 8 heteroatoms. The number of carbonyl (C=O) groups is 1. The summed E-state index contributed by atoms with van der Waals surface area (Å²) in [7, 11) is 5.64. The quantitative estimate of drug-likeness (QED) is 0.435. The first-order valence-corrected chi connectivity index (χ1v) is 8.23. The van der Waals surface area contributed by atoms with Crippen LogP contribution in [0.25, 0.3) is 0 Å². The Hall–Kier alpha value is -2.58. The summed E-state index contributed by atoms with van der Waals surface area (Å²) < 4.78 is 10.6. The number of furan rings is 1. The second-order valence-electron chi connectivity index (χ2n) is 5.76. The minimum absolute atomic E-state index is 0.238. The molecule has 1 amide bonds. The van der Waals surface area contributed by atoms with E-state index < -0.39 is 0 Å². The van der Waals surface area contributed by atoms with Crippen LogP contribution in [0.2, 0.25) is 0 Å². The summed E-state index contributed by atoms with van der Waals surface area (Å²) in [4.78, 5) is 13.2. The van der Waals surface area contributed by atoms with Gasteiger partial charge < -0.3 is 19.4 Å². The van der Waals surface area contributed by atoms with Crippen molar-refractivity contribution in [3.63, 3.8) is 0 Å². The van der Waals surface area contributed by atoms with Gasteiger partial charge in [-0.05, 0) is 42.0 Å². The fourth-order valence-electron chi connectivity index (χ4n) is 2.09. The van der Waals surface area contributed by atoms with E-state index >= 15 is 0 Å². The number of benzene rings is 1. The molecule has 0 unspecified atom stereocenters. The molecule has 0 aliphatic heterocycles. The van der Waals surface area contributed by atoms with Gasteiger partial charge in [0.25, 0.3) is 0 Å². The number of hydrogen-bond acceptors (Lipinski definition) is 4. The molecular weight excluding hydrogens is 340 g/mol. The Kier molecular flexibility index (Phi) is 6.79. The number of quaternary nitrogens is 1. The highest BCUT2D eigenvalue weighted by Gasteiger charge is 2.12. The van der Waals surface area contributed by atoms with Crippen molar-refractivity contribution in [1.82, 2.24) is 16.2 Å². The first kappa shape index (κ1) is 18.8. The van der Waals surface area contributed by atoms with E-state index in [4.69, 9.17) is 21.4 Å². The molecule has 0 fully saturated rings. The Morgan fingerprint density at radius 3 is 2.52 bits per heavy atom. The predicted molar refractivity (Wildman–Crippen MR) is 98.3 cm³/mol. The minimum Gasteiger partial charge on any atom is -0.497 e. The Labute approximate surface area is 152 Å². The monoisotopic (exact) mass is 363 g/mol. The van der Waals surface area contributed by atoms with E-state index in [1.165, 1.54) is 4.90 Å². The third-order valence-electron chi connectivity index (χ3n) is 3.31. The van der Waals surface area contributed by atoms with Crippen molar-refractivity contribution in [1.29, 1.82) is 0 Å². The zero-order chi connectivity index (χ0) is 18.2. The molecule has 1 heterocycles. The van der Waals surface area contributed by atoms with E-state index in [2.05, 4.69) is 16.2 Å². The summed E-state index contributed by atoms with van der Waals surface area (Å²) in [5, 5.41) is 3.32. The number of nitrogens with one attached hydrogen (secondary N) is 4. The molecule has 0 saturated carbocycles. The van der Waals surface area contributed by atoms with Gasteiger partial charge in [0, 0.05) is 6.54 Å². The number of rotatable bonds is 6. The molecule has 0 saturated heterocycles. The Bertz CT molecular complexity index is 713. The van der Waals surface area contributed by atoms with Gasteiger partial charge in [0.2, 0.25) is 0 Å². The molecule has 0 aliphatic rings. The van der Waals surface area contributed by atoms with Gasteiger partial charge in [0.1, 0.15) is 12.3 Å². The molecule has 0 radical (unpaired) electrons. The highest BCUT2D eigenvalue weighted by atomic mass is 32.1. The van der Waals surface area contributed by atoms with Crippen LogP contribution in [0.3, 0.4) is 0 Å². The summed E-state index contributed by atoms with van der Waals surface area (Å²) in [5.74, 6) is 1.41. The zero-order valence-corrected chi connectivity index (χ0v) is 15.3.